The van der Waals surface area contributed by atoms with E-state index in [2.05, 4.69) is 4.98 Å². The SMILES string of the molecule is COC(=N)c1csc(Cc2cc(Cl)ccc2OCc2ccccc2)n1.Cl. The summed E-state index contributed by atoms with van der Waals surface area (Å²) in [5, 5.41) is 11.0. The maximum Gasteiger partial charge on any atom is 0.233 e. The molecule has 0 fully saturated rings. The van der Waals surface area contributed by atoms with Crippen LogP contribution in [0.25, 0.3) is 0 Å². The van der Waals surface area contributed by atoms with Crippen molar-refractivity contribution >= 4 is 41.2 Å². The summed E-state index contributed by atoms with van der Waals surface area (Å²) in [6.45, 7) is 0.493. The lowest BCUT2D eigenvalue weighted by atomic mass is 10.1. The van der Waals surface area contributed by atoms with Crippen molar-refractivity contribution in [1.29, 1.82) is 5.41 Å². The third-order valence-corrected chi connectivity index (χ3v) is 4.67. The molecule has 0 aliphatic heterocycles. The topological polar surface area (TPSA) is 55.2 Å². The average molecular weight is 409 g/mol. The molecule has 0 amide bonds. The van der Waals surface area contributed by atoms with Crippen LogP contribution in [0.1, 0.15) is 21.8 Å². The summed E-state index contributed by atoms with van der Waals surface area (Å²) in [6.07, 6.45) is 0.590. The summed E-state index contributed by atoms with van der Waals surface area (Å²) in [5.41, 5.74) is 2.61. The molecule has 0 unspecified atom stereocenters. The monoisotopic (exact) mass is 408 g/mol. The first-order chi connectivity index (χ1) is 12.2. The standard InChI is InChI=1S/C19H17ClN2O2S.ClH/c1-23-19(21)16-12-25-18(22-16)10-14-9-15(20)7-8-17(14)24-11-13-5-3-2-4-6-13;/h2-9,12,21H,10-11H2,1H3;1H. The molecule has 3 aromatic rings. The van der Waals surface area contributed by atoms with Crippen molar-refractivity contribution in [3.05, 3.63) is 80.8 Å². The molecule has 0 aliphatic carbocycles. The van der Waals surface area contributed by atoms with Crippen LogP contribution < -0.4 is 4.74 Å². The molecule has 26 heavy (non-hydrogen) atoms. The summed E-state index contributed by atoms with van der Waals surface area (Å²) in [7, 11) is 1.47. The quantitative estimate of drug-likeness (QED) is 0.441. The molecule has 0 aliphatic rings. The van der Waals surface area contributed by atoms with Crippen LogP contribution in [-0.2, 0) is 17.8 Å². The number of ether oxygens (including phenoxy) is 2. The first kappa shape index (κ1) is 20.2. The number of hydrogen-bond donors (Lipinski definition) is 1. The Kier molecular flexibility index (Phi) is 7.45. The van der Waals surface area contributed by atoms with Gasteiger partial charge in [-0.15, -0.1) is 23.7 Å². The van der Waals surface area contributed by atoms with Gasteiger partial charge in [0.15, 0.2) is 0 Å². The third kappa shape index (κ3) is 5.21. The summed E-state index contributed by atoms with van der Waals surface area (Å²) in [6, 6.07) is 15.6. The molecule has 1 heterocycles. The Labute approximate surface area is 167 Å². The van der Waals surface area contributed by atoms with Crippen molar-refractivity contribution in [2.45, 2.75) is 13.0 Å². The molecule has 7 heteroatoms. The zero-order chi connectivity index (χ0) is 17.6. The number of rotatable bonds is 6. The van der Waals surface area contributed by atoms with Crippen LogP contribution in [0.3, 0.4) is 0 Å². The van der Waals surface area contributed by atoms with Gasteiger partial charge in [0.25, 0.3) is 0 Å². The van der Waals surface area contributed by atoms with Gasteiger partial charge >= 0.3 is 0 Å². The Hall–Kier alpha value is -2.08. The molecule has 0 saturated heterocycles. The second-order valence-corrected chi connectivity index (χ2v) is 6.74. The fraction of sp³-hybridized carbons (Fsp3) is 0.158. The van der Waals surface area contributed by atoms with Gasteiger partial charge in [-0.1, -0.05) is 41.9 Å². The fourth-order valence-electron chi connectivity index (χ4n) is 2.33. The Morgan fingerprint density at radius 3 is 2.69 bits per heavy atom. The number of methoxy groups -OCH3 is 1. The van der Waals surface area contributed by atoms with E-state index >= 15 is 0 Å². The number of thiazole rings is 1. The van der Waals surface area contributed by atoms with E-state index in [9.17, 15) is 0 Å². The minimum absolute atomic E-state index is 0. The van der Waals surface area contributed by atoms with Crippen LogP contribution in [-0.4, -0.2) is 18.0 Å². The van der Waals surface area contributed by atoms with Crippen molar-refractivity contribution in [1.82, 2.24) is 4.98 Å². The second-order valence-electron chi connectivity index (χ2n) is 5.36. The number of aromatic nitrogens is 1. The van der Waals surface area contributed by atoms with E-state index in [1.807, 2.05) is 53.9 Å². The van der Waals surface area contributed by atoms with Crippen LogP contribution >= 0.6 is 35.3 Å². The maximum absolute atomic E-state index is 7.69. The molecule has 4 nitrogen and oxygen atoms in total. The zero-order valence-corrected chi connectivity index (χ0v) is 16.5. The van der Waals surface area contributed by atoms with Crippen molar-refractivity contribution in [3.8, 4) is 5.75 Å². The van der Waals surface area contributed by atoms with E-state index in [1.165, 1.54) is 18.4 Å². The molecule has 2 aromatic carbocycles. The first-order valence-corrected chi connectivity index (χ1v) is 8.94. The first-order valence-electron chi connectivity index (χ1n) is 7.68. The van der Waals surface area contributed by atoms with Crippen LogP contribution in [0.15, 0.2) is 53.9 Å². The highest BCUT2D eigenvalue weighted by Crippen LogP contribution is 2.27. The van der Waals surface area contributed by atoms with Crippen molar-refractivity contribution in [3.63, 3.8) is 0 Å². The molecule has 0 atom stereocenters. The maximum atomic E-state index is 7.69. The Morgan fingerprint density at radius 2 is 1.96 bits per heavy atom. The van der Waals surface area contributed by atoms with Gasteiger partial charge in [0.2, 0.25) is 5.90 Å². The van der Waals surface area contributed by atoms with Gasteiger partial charge in [-0.25, -0.2) is 4.98 Å². The highest BCUT2D eigenvalue weighted by molar-refractivity contribution is 7.09. The number of nitrogens with one attached hydrogen (secondary N) is 1. The minimum atomic E-state index is 0. The summed E-state index contributed by atoms with van der Waals surface area (Å²) in [4.78, 5) is 4.44. The molecule has 0 radical (unpaired) electrons. The van der Waals surface area contributed by atoms with Crippen LogP contribution in [0.2, 0.25) is 5.02 Å². The largest absolute Gasteiger partial charge is 0.489 e. The molecular formula is C19H18Cl2N2O2S. The van der Waals surface area contributed by atoms with Crippen LogP contribution in [0, 0.1) is 5.41 Å². The lowest BCUT2D eigenvalue weighted by Gasteiger charge is -2.11. The summed E-state index contributed by atoms with van der Waals surface area (Å²) in [5.74, 6) is 0.848. The van der Waals surface area contributed by atoms with E-state index in [4.69, 9.17) is 26.5 Å². The number of hydrogen-bond acceptors (Lipinski definition) is 5. The van der Waals surface area contributed by atoms with Gasteiger partial charge in [0.05, 0.1) is 12.1 Å². The van der Waals surface area contributed by atoms with Gasteiger partial charge in [-0.2, -0.15) is 0 Å². The normalized spacial score (nSPS) is 10.1. The van der Waals surface area contributed by atoms with Crippen molar-refractivity contribution < 1.29 is 9.47 Å². The van der Waals surface area contributed by atoms with Gasteiger partial charge in [-0.3, -0.25) is 5.41 Å². The van der Waals surface area contributed by atoms with Gasteiger partial charge in [0.1, 0.15) is 18.1 Å². The highest BCUT2D eigenvalue weighted by Gasteiger charge is 2.12. The van der Waals surface area contributed by atoms with Crippen LogP contribution in [0.5, 0.6) is 5.75 Å². The zero-order valence-electron chi connectivity index (χ0n) is 14.1. The average Bonchev–Trinajstić information content (AvgIpc) is 3.10. The van der Waals surface area contributed by atoms with E-state index < -0.39 is 0 Å². The predicted molar refractivity (Wildman–Crippen MR) is 108 cm³/mol. The molecule has 0 saturated carbocycles. The fourth-order valence-corrected chi connectivity index (χ4v) is 3.32. The van der Waals surface area contributed by atoms with E-state index in [-0.39, 0.29) is 18.3 Å². The van der Waals surface area contributed by atoms with Crippen LogP contribution in [0.4, 0.5) is 0 Å². The predicted octanol–water partition coefficient (Wildman–Crippen LogP) is 5.36. The molecule has 0 spiro atoms. The summed E-state index contributed by atoms with van der Waals surface area (Å²) >= 11 is 7.64. The van der Waals surface area contributed by atoms with Gasteiger partial charge in [0, 0.05) is 22.4 Å². The molecule has 0 bridgehead atoms. The highest BCUT2D eigenvalue weighted by atomic mass is 35.5. The lowest BCUT2D eigenvalue weighted by molar-refractivity contribution is 0.303. The minimum Gasteiger partial charge on any atom is -0.489 e. The smallest absolute Gasteiger partial charge is 0.233 e. The Morgan fingerprint density at radius 1 is 1.19 bits per heavy atom. The second kappa shape index (κ2) is 9.57. The van der Waals surface area contributed by atoms with Gasteiger partial charge in [-0.05, 0) is 23.8 Å². The molecular weight excluding hydrogens is 391 g/mol. The van der Waals surface area contributed by atoms with E-state index in [0.29, 0.717) is 23.7 Å². The third-order valence-electron chi connectivity index (χ3n) is 3.59. The molecule has 1 aromatic heterocycles. The van der Waals surface area contributed by atoms with Crippen molar-refractivity contribution in [2.24, 2.45) is 0 Å². The van der Waals surface area contributed by atoms with Gasteiger partial charge < -0.3 is 9.47 Å². The van der Waals surface area contributed by atoms with E-state index in [0.717, 1.165) is 21.9 Å². The van der Waals surface area contributed by atoms with E-state index in [1.54, 1.807) is 0 Å². The number of nitrogens with zero attached hydrogens (tertiary/aromatic N) is 1. The van der Waals surface area contributed by atoms with Crippen molar-refractivity contribution in [2.75, 3.05) is 7.11 Å². The summed E-state index contributed by atoms with van der Waals surface area (Å²) < 4.78 is 10.9. The number of benzene rings is 2. The molecule has 136 valence electrons. The lowest BCUT2D eigenvalue weighted by Crippen LogP contribution is -2.02. The molecule has 3 rings (SSSR count). The Balaban J connectivity index is 0.00000243. The number of halogens is 2. The Bertz CT molecular complexity index is 869. The molecule has 1 N–H and O–H groups in total.